The number of nitrogens with zero attached hydrogens (tertiary/aromatic N) is 3. The molecule has 0 aliphatic heterocycles. The van der Waals surface area contributed by atoms with Crippen LogP contribution in [0.4, 0.5) is 0 Å². The van der Waals surface area contributed by atoms with E-state index in [1.54, 1.807) is 19.2 Å². The van der Waals surface area contributed by atoms with Crippen LogP contribution in [0.3, 0.4) is 0 Å². The van der Waals surface area contributed by atoms with Gasteiger partial charge in [0.1, 0.15) is 11.8 Å². The van der Waals surface area contributed by atoms with E-state index in [1.807, 2.05) is 26.0 Å². The van der Waals surface area contributed by atoms with Crippen LogP contribution in [0.15, 0.2) is 34.3 Å². The topological polar surface area (TPSA) is 58.8 Å². The summed E-state index contributed by atoms with van der Waals surface area (Å²) in [5.41, 5.74) is 2.42. The van der Waals surface area contributed by atoms with Crippen LogP contribution in [0.25, 0.3) is 0 Å². The maximum absolute atomic E-state index is 9.12. The second-order valence-electron chi connectivity index (χ2n) is 4.01. The van der Waals surface area contributed by atoms with Crippen molar-refractivity contribution in [2.45, 2.75) is 23.9 Å². The third-order valence-corrected chi connectivity index (χ3v) is 3.40. The standard InChI is InChI=1S/C14H13N3OS/c1-9-6-10(2)17-14(16-9)19-13-7-12(18-3)5-4-11(13)8-15/h4-7H,1-3H3. The van der Waals surface area contributed by atoms with Gasteiger partial charge in [-0.1, -0.05) is 0 Å². The molecule has 0 spiro atoms. The average Bonchev–Trinajstić information content (AvgIpc) is 2.37. The van der Waals surface area contributed by atoms with Gasteiger partial charge < -0.3 is 4.74 Å². The summed E-state index contributed by atoms with van der Waals surface area (Å²) in [6.07, 6.45) is 0. The zero-order chi connectivity index (χ0) is 13.8. The molecule has 96 valence electrons. The molecule has 2 aromatic rings. The van der Waals surface area contributed by atoms with Gasteiger partial charge in [0, 0.05) is 16.3 Å². The fourth-order valence-corrected chi connectivity index (χ4v) is 2.62. The van der Waals surface area contributed by atoms with Gasteiger partial charge in [0.25, 0.3) is 0 Å². The molecule has 0 bridgehead atoms. The maximum atomic E-state index is 9.12. The Hall–Kier alpha value is -2.06. The molecule has 2 rings (SSSR count). The van der Waals surface area contributed by atoms with Crippen LogP contribution < -0.4 is 4.74 Å². The summed E-state index contributed by atoms with van der Waals surface area (Å²) < 4.78 is 5.18. The monoisotopic (exact) mass is 271 g/mol. The molecular weight excluding hydrogens is 258 g/mol. The van der Waals surface area contributed by atoms with Crippen molar-refractivity contribution in [3.05, 3.63) is 41.2 Å². The molecule has 0 atom stereocenters. The predicted molar refractivity (Wildman–Crippen MR) is 73.3 cm³/mol. The zero-order valence-corrected chi connectivity index (χ0v) is 11.8. The summed E-state index contributed by atoms with van der Waals surface area (Å²) in [7, 11) is 1.60. The Labute approximate surface area is 116 Å². The molecule has 19 heavy (non-hydrogen) atoms. The zero-order valence-electron chi connectivity index (χ0n) is 11.0. The lowest BCUT2D eigenvalue weighted by molar-refractivity contribution is 0.413. The number of ether oxygens (including phenoxy) is 1. The lowest BCUT2D eigenvalue weighted by atomic mass is 10.2. The minimum atomic E-state index is 0.591. The highest BCUT2D eigenvalue weighted by molar-refractivity contribution is 7.99. The minimum Gasteiger partial charge on any atom is -0.497 e. The van der Waals surface area contributed by atoms with E-state index >= 15 is 0 Å². The van der Waals surface area contributed by atoms with Crippen molar-refractivity contribution in [1.29, 1.82) is 5.26 Å². The molecule has 0 aliphatic carbocycles. The molecule has 5 heteroatoms. The number of hydrogen-bond acceptors (Lipinski definition) is 5. The van der Waals surface area contributed by atoms with Crippen molar-refractivity contribution in [2.24, 2.45) is 0 Å². The van der Waals surface area contributed by atoms with Gasteiger partial charge in [0.15, 0.2) is 5.16 Å². The van der Waals surface area contributed by atoms with Crippen LogP contribution in [0.5, 0.6) is 5.75 Å². The first kappa shape index (κ1) is 13.4. The fourth-order valence-electron chi connectivity index (χ4n) is 1.64. The van der Waals surface area contributed by atoms with E-state index in [9.17, 15) is 0 Å². The van der Waals surface area contributed by atoms with Gasteiger partial charge in [-0.05, 0) is 49.9 Å². The molecule has 1 aromatic heterocycles. The quantitative estimate of drug-likeness (QED) is 0.803. The van der Waals surface area contributed by atoms with Gasteiger partial charge in [-0.2, -0.15) is 5.26 Å². The van der Waals surface area contributed by atoms with Crippen LogP contribution in [-0.2, 0) is 0 Å². The van der Waals surface area contributed by atoms with Crippen LogP contribution in [0, 0.1) is 25.2 Å². The van der Waals surface area contributed by atoms with E-state index in [1.165, 1.54) is 11.8 Å². The predicted octanol–water partition coefficient (Wildman–Crippen LogP) is 3.12. The third-order valence-electron chi connectivity index (χ3n) is 2.47. The summed E-state index contributed by atoms with van der Waals surface area (Å²) in [4.78, 5) is 9.52. The molecule has 1 aromatic carbocycles. The Morgan fingerprint density at radius 2 is 1.84 bits per heavy atom. The second kappa shape index (κ2) is 5.72. The molecule has 0 amide bonds. The van der Waals surface area contributed by atoms with Crippen LogP contribution in [0.2, 0.25) is 0 Å². The van der Waals surface area contributed by atoms with Gasteiger partial charge in [-0.3, -0.25) is 0 Å². The summed E-state index contributed by atoms with van der Waals surface area (Å²) in [5.74, 6) is 0.714. The Morgan fingerprint density at radius 3 is 2.42 bits per heavy atom. The smallest absolute Gasteiger partial charge is 0.192 e. The fraction of sp³-hybridized carbons (Fsp3) is 0.214. The number of benzene rings is 1. The Balaban J connectivity index is 2.39. The number of hydrogen-bond donors (Lipinski definition) is 0. The van der Waals surface area contributed by atoms with E-state index < -0.39 is 0 Å². The first-order valence-electron chi connectivity index (χ1n) is 5.70. The minimum absolute atomic E-state index is 0.591. The summed E-state index contributed by atoms with van der Waals surface area (Å²) in [6.45, 7) is 3.85. The van der Waals surface area contributed by atoms with E-state index in [-0.39, 0.29) is 0 Å². The van der Waals surface area contributed by atoms with Gasteiger partial charge in [0.2, 0.25) is 0 Å². The normalized spacial score (nSPS) is 10.0. The summed E-state index contributed by atoms with van der Waals surface area (Å²) >= 11 is 1.37. The van der Waals surface area contributed by atoms with E-state index in [2.05, 4.69) is 16.0 Å². The molecule has 0 saturated carbocycles. The molecule has 1 heterocycles. The molecule has 0 saturated heterocycles. The summed E-state index contributed by atoms with van der Waals surface area (Å²) in [6, 6.07) is 9.41. The second-order valence-corrected chi connectivity index (χ2v) is 5.02. The Kier molecular flexibility index (Phi) is 4.03. The van der Waals surface area contributed by atoms with Crippen molar-refractivity contribution in [3.8, 4) is 11.8 Å². The number of methoxy groups -OCH3 is 1. The first-order chi connectivity index (χ1) is 9.12. The molecule has 0 aliphatic rings. The molecule has 0 unspecified atom stereocenters. The van der Waals surface area contributed by atoms with Crippen LogP contribution in [0.1, 0.15) is 17.0 Å². The molecule has 0 fully saturated rings. The van der Waals surface area contributed by atoms with Gasteiger partial charge in [0.05, 0.1) is 12.7 Å². The summed E-state index contributed by atoms with van der Waals surface area (Å²) in [5, 5.41) is 9.77. The van der Waals surface area contributed by atoms with Crippen molar-refractivity contribution >= 4 is 11.8 Å². The average molecular weight is 271 g/mol. The number of aromatic nitrogens is 2. The van der Waals surface area contributed by atoms with Crippen LogP contribution in [-0.4, -0.2) is 17.1 Å². The molecule has 0 radical (unpaired) electrons. The van der Waals surface area contributed by atoms with Crippen molar-refractivity contribution in [1.82, 2.24) is 9.97 Å². The number of nitriles is 1. The van der Waals surface area contributed by atoms with Crippen molar-refractivity contribution in [2.75, 3.05) is 7.11 Å². The van der Waals surface area contributed by atoms with Crippen LogP contribution >= 0.6 is 11.8 Å². The third kappa shape index (κ3) is 3.24. The number of rotatable bonds is 3. The first-order valence-corrected chi connectivity index (χ1v) is 6.52. The van der Waals surface area contributed by atoms with E-state index in [4.69, 9.17) is 10.00 Å². The van der Waals surface area contributed by atoms with E-state index in [0.29, 0.717) is 16.5 Å². The molecular formula is C14H13N3OS. The Morgan fingerprint density at radius 1 is 1.16 bits per heavy atom. The van der Waals surface area contributed by atoms with Crippen molar-refractivity contribution in [3.63, 3.8) is 0 Å². The van der Waals surface area contributed by atoms with E-state index in [0.717, 1.165) is 16.3 Å². The highest BCUT2D eigenvalue weighted by atomic mass is 32.2. The highest BCUT2D eigenvalue weighted by Gasteiger charge is 2.09. The largest absolute Gasteiger partial charge is 0.497 e. The number of aryl methyl sites for hydroxylation is 2. The SMILES string of the molecule is COc1ccc(C#N)c(Sc2nc(C)cc(C)n2)c1. The Bertz CT molecular complexity index is 629. The lowest BCUT2D eigenvalue weighted by Gasteiger charge is -2.06. The van der Waals surface area contributed by atoms with Crippen molar-refractivity contribution < 1.29 is 4.74 Å². The lowest BCUT2D eigenvalue weighted by Crippen LogP contribution is -1.93. The van der Waals surface area contributed by atoms with Gasteiger partial charge >= 0.3 is 0 Å². The van der Waals surface area contributed by atoms with Gasteiger partial charge in [-0.25, -0.2) is 9.97 Å². The maximum Gasteiger partial charge on any atom is 0.192 e. The van der Waals surface area contributed by atoms with Gasteiger partial charge in [-0.15, -0.1) is 0 Å². The molecule has 4 nitrogen and oxygen atoms in total. The molecule has 0 N–H and O–H groups in total. The highest BCUT2D eigenvalue weighted by Crippen LogP contribution is 2.31.